The quantitative estimate of drug-likeness (QED) is 0.655. The Balaban J connectivity index is 1.99. The van der Waals surface area contributed by atoms with Gasteiger partial charge in [0.05, 0.1) is 6.20 Å². The fraction of sp³-hybridized carbons (Fsp3) is 0.0833. The largest absolute Gasteiger partial charge is 0.399 e. The molecule has 0 unspecified atom stereocenters. The molecule has 2 rings (SSSR count). The molecule has 0 atom stereocenters. The third kappa shape index (κ3) is 2.97. The summed E-state index contributed by atoms with van der Waals surface area (Å²) >= 11 is 1.63. The Morgan fingerprint density at radius 1 is 1.19 bits per heavy atom. The smallest absolute Gasteiger partial charge is 0.141 e. The van der Waals surface area contributed by atoms with Crippen molar-refractivity contribution >= 4 is 17.4 Å². The number of nitrogens with zero attached hydrogens (tertiary/aromatic N) is 1. The number of hydrogen-bond acceptors (Lipinski definition) is 3. The Morgan fingerprint density at radius 3 is 2.62 bits per heavy atom. The second-order valence-corrected chi connectivity index (χ2v) is 4.42. The predicted molar refractivity (Wildman–Crippen MR) is 64.6 cm³/mol. The number of pyridine rings is 1. The normalized spacial score (nSPS) is 10.3. The summed E-state index contributed by atoms with van der Waals surface area (Å²) in [6.07, 6.45) is 2.88. The van der Waals surface area contributed by atoms with Crippen molar-refractivity contribution in [2.75, 3.05) is 5.73 Å². The van der Waals surface area contributed by atoms with Gasteiger partial charge in [-0.3, -0.25) is 4.98 Å². The van der Waals surface area contributed by atoms with Gasteiger partial charge in [-0.15, -0.1) is 11.8 Å². The van der Waals surface area contributed by atoms with Crippen LogP contribution >= 0.6 is 11.8 Å². The van der Waals surface area contributed by atoms with Gasteiger partial charge in [-0.1, -0.05) is 0 Å². The number of aromatic nitrogens is 1. The highest BCUT2D eigenvalue weighted by Gasteiger charge is 1.98. The lowest BCUT2D eigenvalue weighted by atomic mass is 10.3. The topological polar surface area (TPSA) is 38.9 Å². The maximum absolute atomic E-state index is 12.9. The third-order valence-corrected chi connectivity index (χ3v) is 3.13. The lowest BCUT2D eigenvalue weighted by Crippen LogP contribution is -1.86. The number of anilines is 1. The first-order chi connectivity index (χ1) is 7.74. The van der Waals surface area contributed by atoms with E-state index in [1.54, 1.807) is 18.0 Å². The van der Waals surface area contributed by atoms with E-state index in [1.807, 2.05) is 24.3 Å². The van der Waals surface area contributed by atoms with Crippen LogP contribution in [0.4, 0.5) is 10.1 Å². The van der Waals surface area contributed by atoms with Crippen molar-refractivity contribution in [3.63, 3.8) is 0 Å². The van der Waals surface area contributed by atoms with E-state index in [4.69, 9.17) is 5.73 Å². The van der Waals surface area contributed by atoms with Crippen LogP contribution in [-0.4, -0.2) is 4.98 Å². The van der Waals surface area contributed by atoms with E-state index in [2.05, 4.69) is 4.98 Å². The number of thioether (sulfide) groups is 1. The molecule has 2 N–H and O–H groups in total. The molecule has 0 spiro atoms. The van der Waals surface area contributed by atoms with Gasteiger partial charge in [0.25, 0.3) is 0 Å². The highest BCUT2D eigenvalue weighted by atomic mass is 32.2. The minimum absolute atomic E-state index is 0.296. The molecule has 1 heterocycles. The Kier molecular flexibility index (Phi) is 3.41. The second kappa shape index (κ2) is 4.99. The van der Waals surface area contributed by atoms with E-state index in [1.165, 1.54) is 12.3 Å². The lowest BCUT2D eigenvalue weighted by Gasteiger charge is -2.02. The van der Waals surface area contributed by atoms with E-state index in [9.17, 15) is 4.39 Å². The third-order valence-electron chi connectivity index (χ3n) is 2.05. The van der Waals surface area contributed by atoms with Crippen LogP contribution < -0.4 is 5.73 Å². The molecule has 2 nitrogen and oxygen atoms in total. The number of rotatable bonds is 3. The van der Waals surface area contributed by atoms with Gasteiger partial charge in [0, 0.05) is 22.5 Å². The highest BCUT2D eigenvalue weighted by Crippen LogP contribution is 2.23. The molecule has 4 heteroatoms. The molecule has 16 heavy (non-hydrogen) atoms. The van der Waals surface area contributed by atoms with Crippen molar-refractivity contribution in [1.82, 2.24) is 4.98 Å². The monoisotopic (exact) mass is 234 g/mol. The molecule has 2 aromatic rings. The first kappa shape index (κ1) is 11.0. The maximum Gasteiger partial charge on any atom is 0.141 e. The van der Waals surface area contributed by atoms with E-state index in [-0.39, 0.29) is 5.82 Å². The van der Waals surface area contributed by atoms with Crippen LogP contribution in [0.3, 0.4) is 0 Å². The Bertz CT molecular complexity index is 471. The molecular formula is C12H11FN2S. The zero-order valence-corrected chi connectivity index (χ0v) is 9.38. The average Bonchev–Trinajstić information content (AvgIpc) is 2.28. The number of benzene rings is 1. The molecule has 0 radical (unpaired) electrons. The van der Waals surface area contributed by atoms with Crippen LogP contribution in [0, 0.1) is 5.82 Å². The maximum atomic E-state index is 12.9. The first-order valence-electron chi connectivity index (χ1n) is 4.82. The molecule has 0 aliphatic heterocycles. The summed E-state index contributed by atoms with van der Waals surface area (Å²) in [7, 11) is 0. The molecule has 0 amide bonds. The van der Waals surface area contributed by atoms with Gasteiger partial charge in [-0.05, 0) is 35.9 Å². The summed E-state index contributed by atoms with van der Waals surface area (Å²) in [4.78, 5) is 4.91. The van der Waals surface area contributed by atoms with Crippen molar-refractivity contribution in [3.8, 4) is 0 Å². The molecule has 0 aliphatic rings. The van der Waals surface area contributed by atoms with E-state index < -0.39 is 0 Å². The van der Waals surface area contributed by atoms with Crippen molar-refractivity contribution in [1.29, 1.82) is 0 Å². The molecule has 1 aromatic carbocycles. The van der Waals surface area contributed by atoms with Gasteiger partial charge >= 0.3 is 0 Å². The van der Waals surface area contributed by atoms with E-state index >= 15 is 0 Å². The lowest BCUT2D eigenvalue weighted by molar-refractivity contribution is 0.619. The Labute approximate surface area is 97.7 Å². The summed E-state index contributed by atoms with van der Waals surface area (Å²) in [5, 5.41) is 0. The number of halogens is 1. The van der Waals surface area contributed by atoms with Gasteiger partial charge in [-0.25, -0.2) is 4.39 Å². The second-order valence-electron chi connectivity index (χ2n) is 3.37. The molecule has 1 aromatic heterocycles. The fourth-order valence-electron chi connectivity index (χ4n) is 1.27. The van der Waals surface area contributed by atoms with Gasteiger partial charge in [-0.2, -0.15) is 0 Å². The van der Waals surface area contributed by atoms with E-state index in [0.29, 0.717) is 5.75 Å². The van der Waals surface area contributed by atoms with Gasteiger partial charge in [0.15, 0.2) is 0 Å². The number of nitrogens with two attached hydrogens (primary N) is 1. The SMILES string of the molecule is Nc1ccc(SCc2cncc(F)c2)cc1. The van der Waals surface area contributed by atoms with Gasteiger partial charge in [0.1, 0.15) is 5.82 Å². The van der Waals surface area contributed by atoms with Crippen LogP contribution in [0.15, 0.2) is 47.6 Å². The van der Waals surface area contributed by atoms with Gasteiger partial charge < -0.3 is 5.73 Å². The molecule has 0 aliphatic carbocycles. The summed E-state index contributed by atoms with van der Waals surface area (Å²) in [6, 6.07) is 9.11. The molecule has 0 fully saturated rings. The molecule has 0 bridgehead atoms. The van der Waals surface area contributed by atoms with Crippen LogP contribution in [-0.2, 0) is 5.75 Å². The summed E-state index contributed by atoms with van der Waals surface area (Å²) < 4.78 is 12.9. The fourth-order valence-corrected chi connectivity index (χ4v) is 2.09. The minimum Gasteiger partial charge on any atom is -0.399 e. The zero-order valence-electron chi connectivity index (χ0n) is 8.56. The molecular weight excluding hydrogens is 223 g/mol. The minimum atomic E-state index is -0.296. The van der Waals surface area contributed by atoms with Crippen molar-refractivity contribution in [2.45, 2.75) is 10.6 Å². The van der Waals surface area contributed by atoms with Crippen molar-refractivity contribution in [3.05, 3.63) is 54.1 Å². The highest BCUT2D eigenvalue weighted by molar-refractivity contribution is 7.98. The number of hydrogen-bond donors (Lipinski definition) is 1. The summed E-state index contributed by atoms with van der Waals surface area (Å²) in [5.74, 6) is 0.407. The van der Waals surface area contributed by atoms with Gasteiger partial charge in [0.2, 0.25) is 0 Å². The van der Waals surface area contributed by atoms with Crippen LogP contribution in [0.2, 0.25) is 0 Å². The molecule has 0 saturated heterocycles. The van der Waals surface area contributed by atoms with Crippen molar-refractivity contribution < 1.29 is 4.39 Å². The van der Waals surface area contributed by atoms with Crippen LogP contribution in [0.25, 0.3) is 0 Å². The van der Waals surface area contributed by atoms with Crippen molar-refractivity contribution in [2.24, 2.45) is 0 Å². The number of nitrogen functional groups attached to an aromatic ring is 1. The zero-order chi connectivity index (χ0) is 11.4. The molecule has 0 saturated carbocycles. The Hall–Kier alpha value is -1.55. The van der Waals surface area contributed by atoms with E-state index in [0.717, 1.165) is 16.1 Å². The predicted octanol–water partition coefficient (Wildman–Crippen LogP) is 3.10. The average molecular weight is 234 g/mol. The standard InChI is InChI=1S/C12H11FN2S/c13-10-5-9(6-15-7-10)8-16-12-3-1-11(14)2-4-12/h1-7H,8,14H2. The van der Waals surface area contributed by atoms with Crippen LogP contribution in [0.1, 0.15) is 5.56 Å². The van der Waals surface area contributed by atoms with Crippen LogP contribution in [0.5, 0.6) is 0 Å². The molecule has 82 valence electrons. The summed E-state index contributed by atoms with van der Waals surface area (Å²) in [5.41, 5.74) is 7.21. The Morgan fingerprint density at radius 2 is 1.94 bits per heavy atom. The summed E-state index contributed by atoms with van der Waals surface area (Å²) in [6.45, 7) is 0. The first-order valence-corrected chi connectivity index (χ1v) is 5.80.